The van der Waals surface area contributed by atoms with E-state index in [1.807, 2.05) is 11.6 Å². The molecule has 14 heteroatoms. The number of hydrogen-bond acceptors (Lipinski definition) is 10. The molecule has 0 aromatic carbocycles. The van der Waals surface area contributed by atoms with Crippen LogP contribution in [0.1, 0.15) is 38.8 Å². The van der Waals surface area contributed by atoms with Crippen LogP contribution >= 0.6 is 11.3 Å². The van der Waals surface area contributed by atoms with Gasteiger partial charge in [-0.15, -0.1) is 11.3 Å². The molecule has 0 saturated carbocycles. The van der Waals surface area contributed by atoms with Gasteiger partial charge in [-0.05, 0) is 32.9 Å². The average Bonchev–Trinajstić information content (AvgIpc) is 3.18. The number of ketones is 1. The summed E-state index contributed by atoms with van der Waals surface area (Å²) < 4.78 is 59.4. The summed E-state index contributed by atoms with van der Waals surface area (Å²) in [6.07, 6.45) is -0.950. The quantitative estimate of drug-likeness (QED) is 0.271. The van der Waals surface area contributed by atoms with Crippen molar-refractivity contribution in [2.45, 2.75) is 47.8 Å². The number of amides is 1. The minimum absolute atomic E-state index is 0.104. The molecule has 1 aromatic rings. The van der Waals surface area contributed by atoms with E-state index in [1.165, 1.54) is 31.3 Å². The lowest BCUT2D eigenvalue weighted by atomic mass is 10.0. The van der Waals surface area contributed by atoms with Gasteiger partial charge in [0.15, 0.2) is 5.78 Å². The van der Waals surface area contributed by atoms with E-state index in [1.54, 1.807) is 0 Å². The lowest BCUT2D eigenvalue weighted by Gasteiger charge is -2.32. The minimum Gasteiger partial charge on any atom is -0.386 e. The zero-order chi connectivity index (χ0) is 24.3. The number of carbonyl (C=O) groups excluding carboxylic acids is 2. The lowest BCUT2D eigenvalue weighted by Crippen LogP contribution is -2.43. The highest BCUT2D eigenvalue weighted by Crippen LogP contribution is 2.40. The van der Waals surface area contributed by atoms with Crippen molar-refractivity contribution in [1.29, 1.82) is 0 Å². The summed E-state index contributed by atoms with van der Waals surface area (Å²) in [5.74, 6) is -3.33. The van der Waals surface area contributed by atoms with Gasteiger partial charge in [-0.2, -0.15) is 4.31 Å². The van der Waals surface area contributed by atoms with Crippen LogP contribution in [-0.2, 0) is 34.4 Å². The van der Waals surface area contributed by atoms with Gasteiger partial charge in [0.25, 0.3) is 20.0 Å². The summed E-state index contributed by atoms with van der Waals surface area (Å²) in [7, 11) is -6.84. The van der Waals surface area contributed by atoms with Crippen LogP contribution in [0.15, 0.2) is 14.5 Å². The predicted molar refractivity (Wildman–Crippen MR) is 117 cm³/mol. The number of methoxy groups -OCH3 is 1. The smallest absolute Gasteiger partial charge is 0.273 e. The van der Waals surface area contributed by atoms with Crippen LogP contribution in [-0.4, -0.2) is 77.4 Å². The first-order valence-electron chi connectivity index (χ1n) is 10.0. The fraction of sp³-hybridized carbons (Fsp3) is 0.667. The molecule has 11 nitrogen and oxygen atoms in total. The molecule has 0 aliphatic carbocycles. The van der Waals surface area contributed by atoms with E-state index in [2.05, 4.69) is 5.32 Å². The van der Waals surface area contributed by atoms with Crippen LogP contribution < -0.4 is 10.0 Å². The molecule has 32 heavy (non-hydrogen) atoms. The van der Waals surface area contributed by atoms with Crippen LogP contribution in [0, 0.1) is 5.92 Å². The van der Waals surface area contributed by atoms with Gasteiger partial charge in [-0.25, -0.2) is 21.6 Å². The molecule has 0 fully saturated rings. The van der Waals surface area contributed by atoms with Crippen molar-refractivity contribution in [3.63, 3.8) is 0 Å². The number of aliphatic hydroxyl groups is 1. The number of thiophene rings is 1. The van der Waals surface area contributed by atoms with E-state index in [9.17, 15) is 31.5 Å². The number of carbonyl (C=O) groups is 2. The third kappa shape index (κ3) is 5.73. The molecular weight excluding hydrogens is 482 g/mol. The van der Waals surface area contributed by atoms with Gasteiger partial charge in [0.2, 0.25) is 5.91 Å². The Hall–Kier alpha value is -1.42. The van der Waals surface area contributed by atoms with Crippen LogP contribution in [0.5, 0.6) is 0 Å². The van der Waals surface area contributed by atoms with Gasteiger partial charge < -0.3 is 15.2 Å². The van der Waals surface area contributed by atoms with Crippen LogP contribution in [0.3, 0.4) is 0 Å². The van der Waals surface area contributed by atoms with Gasteiger partial charge in [0, 0.05) is 38.4 Å². The highest BCUT2D eigenvalue weighted by Gasteiger charge is 2.40. The van der Waals surface area contributed by atoms with Gasteiger partial charge in [0.05, 0.1) is 5.92 Å². The van der Waals surface area contributed by atoms with E-state index >= 15 is 0 Å². The molecule has 1 aliphatic heterocycles. The van der Waals surface area contributed by atoms with Crippen molar-refractivity contribution in [2.24, 2.45) is 5.92 Å². The topological polar surface area (TPSA) is 159 Å². The molecule has 3 N–H and O–H groups in total. The van der Waals surface area contributed by atoms with Crippen LogP contribution in [0.25, 0.3) is 0 Å². The maximum Gasteiger partial charge on any atom is 0.273 e. The first-order chi connectivity index (χ1) is 14.9. The summed E-state index contributed by atoms with van der Waals surface area (Å²) in [4.78, 5) is 24.1. The Labute approximate surface area is 192 Å². The highest BCUT2D eigenvalue weighted by atomic mass is 32.3. The van der Waals surface area contributed by atoms with E-state index in [0.29, 0.717) is 36.5 Å². The third-order valence-corrected chi connectivity index (χ3v) is 10.3. The van der Waals surface area contributed by atoms with Gasteiger partial charge in [0.1, 0.15) is 14.5 Å². The zero-order valence-corrected chi connectivity index (χ0v) is 20.8. The Morgan fingerprint density at radius 3 is 2.59 bits per heavy atom. The van der Waals surface area contributed by atoms with Crippen LogP contribution in [0.2, 0.25) is 0 Å². The summed E-state index contributed by atoms with van der Waals surface area (Å²) in [6, 6.07) is 0.821. The number of rotatable bonds is 11. The maximum atomic E-state index is 13.1. The van der Waals surface area contributed by atoms with Crippen molar-refractivity contribution in [1.82, 2.24) is 14.3 Å². The zero-order valence-electron chi connectivity index (χ0n) is 18.3. The second-order valence-corrected chi connectivity index (χ2v) is 12.5. The molecule has 0 unspecified atom stereocenters. The Balaban J connectivity index is 2.38. The van der Waals surface area contributed by atoms with Crippen molar-refractivity contribution in [2.75, 3.05) is 33.4 Å². The highest BCUT2D eigenvalue weighted by molar-refractivity contribution is 7.94. The Morgan fingerprint density at radius 1 is 1.38 bits per heavy atom. The third-order valence-electron chi connectivity index (χ3n) is 4.98. The SMILES string of the molecule is CCN[C@H]1CN(CCCOC)S(=O)(=O)c2sc(S(=O)(=O)NC(=O)[C@@H](C)C(=O)[C@H](C)O)cc21. The molecule has 3 atom stereocenters. The Morgan fingerprint density at radius 2 is 2.03 bits per heavy atom. The second-order valence-electron chi connectivity index (χ2n) is 7.40. The largest absolute Gasteiger partial charge is 0.386 e. The second kappa shape index (κ2) is 10.7. The van der Waals surface area contributed by atoms with Gasteiger partial charge >= 0.3 is 0 Å². The van der Waals surface area contributed by atoms with Crippen molar-refractivity contribution < 1.29 is 36.3 Å². The fourth-order valence-electron chi connectivity index (χ4n) is 3.24. The maximum absolute atomic E-state index is 13.1. The van der Waals surface area contributed by atoms with E-state index in [4.69, 9.17) is 4.74 Å². The Kier molecular flexibility index (Phi) is 8.95. The van der Waals surface area contributed by atoms with E-state index in [0.717, 1.165) is 0 Å². The lowest BCUT2D eigenvalue weighted by molar-refractivity contribution is -0.136. The molecule has 0 bridgehead atoms. The van der Waals surface area contributed by atoms with Crippen molar-refractivity contribution >= 4 is 43.1 Å². The monoisotopic (exact) mass is 511 g/mol. The number of nitrogens with one attached hydrogen (secondary N) is 2. The van der Waals surface area contributed by atoms with E-state index in [-0.39, 0.29) is 21.5 Å². The van der Waals surface area contributed by atoms with Gasteiger partial charge in [-0.1, -0.05) is 6.92 Å². The predicted octanol–water partition coefficient (Wildman–Crippen LogP) is -0.170. The molecular formula is C18H29N3O8S3. The fourth-order valence-corrected chi connectivity index (χ4v) is 8.18. The minimum atomic E-state index is -4.43. The van der Waals surface area contributed by atoms with E-state index < -0.39 is 49.8 Å². The summed E-state index contributed by atoms with van der Waals surface area (Å²) in [5, 5.41) is 12.5. The molecule has 1 aromatic heterocycles. The summed E-state index contributed by atoms with van der Waals surface area (Å²) in [5.41, 5.74) is 0.320. The number of hydrogen-bond donors (Lipinski definition) is 3. The molecule has 2 heterocycles. The molecule has 0 spiro atoms. The summed E-state index contributed by atoms with van der Waals surface area (Å²) >= 11 is 0.552. The van der Waals surface area contributed by atoms with Gasteiger partial charge in [-0.3, -0.25) is 9.59 Å². The number of nitrogens with zero attached hydrogens (tertiary/aromatic N) is 1. The normalized spacial score (nSPS) is 20.3. The van der Waals surface area contributed by atoms with Crippen LogP contribution in [0.4, 0.5) is 0 Å². The number of ether oxygens (including phenoxy) is 1. The summed E-state index contributed by atoms with van der Waals surface area (Å²) in [6.45, 7) is 5.47. The van der Waals surface area contributed by atoms with Crippen molar-refractivity contribution in [3.05, 3.63) is 11.6 Å². The Bertz CT molecular complexity index is 1050. The number of likely N-dealkylation sites (N-methyl/N-ethyl adjacent to an activating group) is 1. The number of sulfonamides is 2. The number of Topliss-reactive ketones (excluding diaryl/α,β-unsaturated/α-hetero) is 1. The molecule has 2 rings (SSSR count). The molecule has 1 aliphatic rings. The number of aliphatic hydroxyl groups excluding tert-OH is 1. The first kappa shape index (κ1) is 26.8. The standard InChI is InChI=1S/C18H29N3O8S3/c1-5-19-14-10-21(7-6-8-29-4)32(27,28)18-13(14)9-15(30-18)31(25,26)20-17(24)11(2)16(23)12(3)22/h9,11-12,14,19,22H,5-8,10H2,1-4H3,(H,20,24)/t11-,12-,14-/m0/s1. The average molecular weight is 512 g/mol. The number of fused-ring (bicyclic) bond motifs is 1. The first-order valence-corrected chi connectivity index (χ1v) is 13.7. The molecule has 0 radical (unpaired) electrons. The molecule has 182 valence electrons. The van der Waals surface area contributed by atoms with Crippen molar-refractivity contribution in [3.8, 4) is 0 Å². The molecule has 1 amide bonds. The molecule has 0 saturated heterocycles.